The quantitative estimate of drug-likeness (QED) is 0.876. The predicted molar refractivity (Wildman–Crippen MR) is 90.7 cm³/mol. The van der Waals surface area contributed by atoms with Gasteiger partial charge in [0.1, 0.15) is 0 Å². The Kier molecular flexibility index (Phi) is 6.39. The van der Waals surface area contributed by atoms with Crippen LogP contribution in [0.1, 0.15) is 49.7 Å². The van der Waals surface area contributed by atoms with Gasteiger partial charge in [0.25, 0.3) is 5.91 Å². The molecule has 0 aromatic carbocycles. The number of nitrogens with zero attached hydrogens (tertiary/aromatic N) is 1. The number of pyridine rings is 1. The van der Waals surface area contributed by atoms with Crippen molar-refractivity contribution >= 4 is 5.91 Å². The number of carbonyl (C=O) groups is 1. The number of H-pyrrole nitrogens is 1. The molecule has 0 spiro atoms. The molecular weight excluding hydrogens is 292 g/mol. The summed E-state index contributed by atoms with van der Waals surface area (Å²) in [5.41, 5.74) is 1.13. The third-order valence-corrected chi connectivity index (χ3v) is 4.14. The van der Waals surface area contributed by atoms with Gasteiger partial charge in [-0.25, -0.2) is 0 Å². The van der Waals surface area contributed by atoms with Gasteiger partial charge in [0.15, 0.2) is 0 Å². The maximum absolute atomic E-state index is 12.7. The number of hydrogen-bond acceptors (Lipinski definition) is 3. The van der Waals surface area contributed by atoms with E-state index in [-0.39, 0.29) is 11.5 Å². The highest BCUT2D eigenvalue weighted by molar-refractivity contribution is 5.94. The molecule has 2 heterocycles. The number of aromatic nitrogens is 1. The van der Waals surface area contributed by atoms with Crippen LogP contribution in [0.4, 0.5) is 0 Å². The van der Waals surface area contributed by atoms with Gasteiger partial charge in [-0.05, 0) is 44.1 Å². The third kappa shape index (κ3) is 5.20. The fourth-order valence-electron chi connectivity index (χ4n) is 3.13. The third-order valence-electron chi connectivity index (χ3n) is 4.14. The Morgan fingerprint density at radius 2 is 2.22 bits per heavy atom. The van der Waals surface area contributed by atoms with E-state index in [4.69, 9.17) is 4.74 Å². The first-order chi connectivity index (χ1) is 11.0. The summed E-state index contributed by atoms with van der Waals surface area (Å²) in [5.74, 6) is 0.786. The van der Waals surface area contributed by atoms with E-state index in [1.54, 1.807) is 0 Å². The summed E-state index contributed by atoms with van der Waals surface area (Å²) in [4.78, 5) is 29.3. The number of aromatic amines is 1. The molecule has 1 aromatic rings. The summed E-state index contributed by atoms with van der Waals surface area (Å²) in [7, 11) is 0. The van der Waals surface area contributed by atoms with Crippen LogP contribution in [0.15, 0.2) is 16.9 Å². The maximum atomic E-state index is 12.7. The molecule has 1 amide bonds. The van der Waals surface area contributed by atoms with Crippen molar-refractivity contribution < 1.29 is 9.53 Å². The first-order valence-corrected chi connectivity index (χ1v) is 8.59. The number of nitrogens with one attached hydrogen (secondary N) is 1. The summed E-state index contributed by atoms with van der Waals surface area (Å²) >= 11 is 0. The van der Waals surface area contributed by atoms with Gasteiger partial charge < -0.3 is 14.6 Å². The maximum Gasteiger partial charge on any atom is 0.254 e. The minimum absolute atomic E-state index is 0.0395. The van der Waals surface area contributed by atoms with Crippen LogP contribution in [-0.2, 0) is 11.2 Å². The van der Waals surface area contributed by atoms with Crippen molar-refractivity contribution in [2.24, 2.45) is 11.8 Å². The molecule has 1 fully saturated rings. The number of likely N-dealkylation sites (tertiary alicyclic amines) is 1. The van der Waals surface area contributed by atoms with E-state index in [2.05, 4.69) is 18.8 Å². The molecule has 0 radical (unpaired) electrons. The van der Waals surface area contributed by atoms with E-state index in [0.29, 0.717) is 37.2 Å². The van der Waals surface area contributed by atoms with Crippen molar-refractivity contribution in [3.63, 3.8) is 0 Å². The van der Waals surface area contributed by atoms with Crippen LogP contribution in [0.2, 0.25) is 0 Å². The zero-order valence-corrected chi connectivity index (χ0v) is 14.4. The van der Waals surface area contributed by atoms with Crippen molar-refractivity contribution in [1.29, 1.82) is 0 Å². The molecule has 1 aliphatic heterocycles. The van der Waals surface area contributed by atoms with Gasteiger partial charge in [-0.15, -0.1) is 0 Å². The molecule has 1 N–H and O–H groups in total. The van der Waals surface area contributed by atoms with E-state index in [9.17, 15) is 9.59 Å². The largest absolute Gasteiger partial charge is 0.381 e. The van der Waals surface area contributed by atoms with Gasteiger partial charge in [-0.1, -0.05) is 13.8 Å². The second-order valence-electron chi connectivity index (χ2n) is 6.78. The Hall–Kier alpha value is -1.62. The lowest BCUT2D eigenvalue weighted by molar-refractivity contribution is 0.0500. The lowest BCUT2D eigenvalue weighted by Gasteiger charge is -2.32. The zero-order valence-electron chi connectivity index (χ0n) is 14.4. The minimum atomic E-state index is -0.200. The second kappa shape index (κ2) is 8.29. The molecule has 1 atom stereocenters. The molecule has 5 nitrogen and oxygen atoms in total. The van der Waals surface area contributed by atoms with E-state index in [0.717, 1.165) is 31.5 Å². The Labute approximate surface area is 138 Å². The Morgan fingerprint density at radius 1 is 1.43 bits per heavy atom. The normalized spacial score (nSPS) is 18.4. The average molecular weight is 320 g/mol. The van der Waals surface area contributed by atoms with E-state index in [1.165, 1.54) is 6.07 Å². The Balaban J connectivity index is 2.10. The van der Waals surface area contributed by atoms with Gasteiger partial charge in [-0.3, -0.25) is 9.59 Å². The first-order valence-electron chi connectivity index (χ1n) is 8.59. The van der Waals surface area contributed by atoms with Crippen LogP contribution >= 0.6 is 0 Å². The van der Waals surface area contributed by atoms with Crippen molar-refractivity contribution in [2.75, 3.05) is 26.3 Å². The summed E-state index contributed by atoms with van der Waals surface area (Å²) in [6.45, 7) is 9.05. The van der Waals surface area contributed by atoms with Crippen LogP contribution in [0.25, 0.3) is 0 Å². The molecule has 0 bridgehead atoms. The minimum Gasteiger partial charge on any atom is -0.381 e. The Morgan fingerprint density at radius 3 is 2.91 bits per heavy atom. The molecule has 1 saturated heterocycles. The average Bonchev–Trinajstić information content (AvgIpc) is 2.51. The first kappa shape index (κ1) is 17.7. The smallest absolute Gasteiger partial charge is 0.254 e. The van der Waals surface area contributed by atoms with Gasteiger partial charge in [0.2, 0.25) is 5.56 Å². The van der Waals surface area contributed by atoms with Crippen molar-refractivity contribution in [1.82, 2.24) is 9.88 Å². The predicted octanol–water partition coefficient (Wildman–Crippen LogP) is 2.46. The van der Waals surface area contributed by atoms with Crippen LogP contribution in [0.5, 0.6) is 0 Å². The monoisotopic (exact) mass is 320 g/mol. The van der Waals surface area contributed by atoms with Gasteiger partial charge in [-0.2, -0.15) is 0 Å². The van der Waals surface area contributed by atoms with Crippen LogP contribution in [0, 0.1) is 11.8 Å². The Bertz CT molecular complexity index is 580. The number of hydrogen-bond donors (Lipinski definition) is 1. The molecule has 128 valence electrons. The number of rotatable bonds is 6. The second-order valence-corrected chi connectivity index (χ2v) is 6.78. The molecule has 1 unspecified atom stereocenters. The molecule has 1 aliphatic rings. The molecule has 23 heavy (non-hydrogen) atoms. The number of amides is 1. The molecule has 0 saturated carbocycles. The lowest BCUT2D eigenvalue weighted by atomic mass is 9.98. The summed E-state index contributed by atoms with van der Waals surface area (Å²) in [5, 5.41) is 0. The SMILES string of the molecule is CCOCC1CCCN(C(=O)c2cc(CC(C)C)[nH]c(=O)c2)C1. The highest BCUT2D eigenvalue weighted by atomic mass is 16.5. The van der Waals surface area contributed by atoms with Gasteiger partial charge in [0.05, 0.1) is 6.61 Å². The van der Waals surface area contributed by atoms with Gasteiger partial charge >= 0.3 is 0 Å². The van der Waals surface area contributed by atoms with Crippen molar-refractivity contribution in [2.45, 2.75) is 40.0 Å². The van der Waals surface area contributed by atoms with E-state index in [1.807, 2.05) is 17.9 Å². The number of carbonyl (C=O) groups excluding carboxylic acids is 1. The fourth-order valence-corrected chi connectivity index (χ4v) is 3.13. The van der Waals surface area contributed by atoms with E-state index < -0.39 is 0 Å². The fraction of sp³-hybridized carbons (Fsp3) is 0.667. The van der Waals surface area contributed by atoms with Crippen molar-refractivity contribution in [3.05, 3.63) is 33.7 Å². The summed E-state index contributed by atoms with van der Waals surface area (Å²) < 4.78 is 5.50. The van der Waals surface area contributed by atoms with Crippen LogP contribution in [-0.4, -0.2) is 42.1 Å². The summed E-state index contributed by atoms with van der Waals surface area (Å²) in [6, 6.07) is 3.24. The van der Waals surface area contributed by atoms with Crippen molar-refractivity contribution in [3.8, 4) is 0 Å². The summed E-state index contributed by atoms with van der Waals surface area (Å²) in [6.07, 6.45) is 2.85. The number of ether oxygens (including phenoxy) is 1. The molecular formula is C18H28N2O3. The zero-order chi connectivity index (χ0) is 16.8. The topological polar surface area (TPSA) is 62.4 Å². The molecule has 0 aliphatic carbocycles. The highest BCUT2D eigenvalue weighted by Gasteiger charge is 2.25. The van der Waals surface area contributed by atoms with E-state index >= 15 is 0 Å². The van der Waals surface area contributed by atoms with Crippen LogP contribution < -0.4 is 5.56 Å². The highest BCUT2D eigenvalue weighted by Crippen LogP contribution is 2.19. The lowest BCUT2D eigenvalue weighted by Crippen LogP contribution is -2.41. The standard InChI is InChI=1S/C18H28N2O3/c1-4-23-12-14-6-5-7-20(11-14)18(22)15-9-16(8-13(2)3)19-17(21)10-15/h9-10,13-14H,4-8,11-12H2,1-3H3,(H,19,21). The van der Waals surface area contributed by atoms with Gasteiger partial charge in [0, 0.05) is 37.0 Å². The number of piperidine rings is 1. The molecule has 1 aromatic heterocycles. The molecule has 2 rings (SSSR count). The van der Waals surface area contributed by atoms with Crippen LogP contribution in [0.3, 0.4) is 0 Å². The molecule has 5 heteroatoms.